The summed E-state index contributed by atoms with van der Waals surface area (Å²) in [6.45, 7) is 3.84. The quantitative estimate of drug-likeness (QED) is 0.381. The Hall–Kier alpha value is -4.28. The van der Waals surface area contributed by atoms with E-state index in [2.05, 4.69) is 30.9 Å². The van der Waals surface area contributed by atoms with Crippen LogP contribution in [-0.2, 0) is 17.9 Å². The molecule has 10 nitrogen and oxygen atoms in total. The molecule has 0 spiro atoms. The first-order valence-corrected chi connectivity index (χ1v) is 10.1. The zero-order valence-electron chi connectivity index (χ0n) is 18.1. The molecule has 0 bridgehead atoms. The molecule has 5 N–H and O–H groups in total. The monoisotopic (exact) mass is 453 g/mol. The summed E-state index contributed by atoms with van der Waals surface area (Å²) in [6.07, 6.45) is 0. The van der Waals surface area contributed by atoms with Crippen molar-refractivity contribution in [2.75, 3.05) is 11.1 Å². The lowest BCUT2D eigenvalue weighted by atomic mass is 10.1. The van der Waals surface area contributed by atoms with Gasteiger partial charge in [-0.3, -0.25) is 0 Å². The number of nitrogens with zero attached hydrogens (tertiary/aromatic N) is 3. The van der Waals surface area contributed by atoms with Crippen molar-refractivity contribution in [1.82, 2.24) is 25.6 Å². The molecule has 33 heavy (non-hydrogen) atoms. The van der Waals surface area contributed by atoms with Gasteiger partial charge in [-0.05, 0) is 55.8 Å². The fourth-order valence-electron chi connectivity index (χ4n) is 2.69. The predicted molar refractivity (Wildman–Crippen MR) is 120 cm³/mol. The first-order valence-electron chi connectivity index (χ1n) is 10.1. The minimum atomic E-state index is -0.570. The molecule has 0 radical (unpaired) electrons. The zero-order valence-corrected chi connectivity index (χ0v) is 18.1. The number of carbonyl (C=O) groups is 2. The molecule has 0 saturated heterocycles. The van der Waals surface area contributed by atoms with E-state index < -0.39 is 5.97 Å². The Bertz CT molecular complexity index is 1110. The summed E-state index contributed by atoms with van der Waals surface area (Å²) in [7, 11) is 0. The highest BCUT2D eigenvalue weighted by Gasteiger charge is 2.11. The van der Waals surface area contributed by atoms with Crippen molar-refractivity contribution in [3.8, 4) is 0 Å². The lowest BCUT2D eigenvalue weighted by Crippen LogP contribution is -2.39. The van der Waals surface area contributed by atoms with Crippen molar-refractivity contribution in [3.63, 3.8) is 0 Å². The van der Waals surface area contributed by atoms with Gasteiger partial charge in [-0.1, -0.05) is 12.1 Å². The van der Waals surface area contributed by atoms with E-state index in [9.17, 15) is 14.0 Å². The molecular formula is C22H24FN7O3. The summed E-state index contributed by atoms with van der Waals surface area (Å²) >= 11 is 0. The van der Waals surface area contributed by atoms with Crippen LogP contribution in [0.4, 0.5) is 26.8 Å². The fraction of sp³-hybridized carbons (Fsp3) is 0.227. The summed E-state index contributed by atoms with van der Waals surface area (Å²) in [5.74, 6) is -0.710. The highest BCUT2D eigenvalue weighted by Crippen LogP contribution is 2.15. The number of nitrogens with two attached hydrogens (primary N) is 1. The zero-order chi connectivity index (χ0) is 23.8. The Kier molecular flexibility index (Phi) is 7.68. The number of esters is 1. The van der Waals surface area contributed by atoms with Crippen LogP contribution in [0.5, 0.6) is 0 Å². The maximum atomic E-state index is 13.0. The second-order valence-corrected chi connectivity index (χ2v) is 7.32. The molecular weight excluding hydrogens is 429 g/mol. The first-order chi connectivity index (χ1) is 15.8. The number of hydrogen-bond acceptors (Lipinski definition) is 8. The number of ether oxygens (including phenoxy) is 1. The SMILES string of the molecule is CC(C)NC(=O)NCc1ccc(C(=O)OCc2nc(N)nc(Nc3ccc(F)cc3)n2)cc1. The molecule has 0 aliphatic rings. The van der Waals surface area contributed by atoms with E-state index in [0.29, 0.717) is 17.8 Å². The van der Waals surface area contributed by atoms with Gasteiger partial charge in [-0.2, -0.15) is 15.0 Å². The van der Waals surface area contributed by atoms with Crippen LogP contribution < -0.4 is 21.7 Å². The lowest BCUT2D eigenvalue weighted by molar-refractivity contribution is 0.0462. The van der Waals surface area contributed by atoms with E-state index >= 15 is 0 Å². The van der Waals surface area contributed by atoms with E-state index in [1.54, 1.807) is 24.3 Å². The van der Waals surface area contributed by atoms with Crippen LogP contribution in [-0.4, -0.2) is 33.0 Å². The Morgan fingerprint density at radius 3 is 2.39 bits per heavy atom. The molecule has 11 heteroatoms. The van der Waals surface area contributed by atoms with Gasteiger partial charge in [0, 0.05) is 18.3 Å². The number of anilines is 3. The van der Waals surface area contributed by atoms with Gasteiger partial charge in [0.2, 0.25) is 11.9 Å². The number of nitrogens with one attached hydrogen (secondary N) is 3. The molecule has 0 unspecified atom stereocenters. The van der Waals surface area contributed by atoms with E-state index in [1.807, 2.05) is 13.8 Å². The van der Waals surface area contributed by atoms with Gasteiger partial charge in [0.25, 0.3) is 0 Å². The molecule has 3 rings (SSSR count). The minimum absolute atomic E-state index is 0.0386. The van der Waals surface area contributed by atoms with Gasteiger partial charge in [-0.15, -0.1) is 0 Å². The number of amides is 2. The van der Waals surface area contributed by atoms with Crippen molar-refractivity contribution in [2.45, 2.75) is 33.0 Å². The molecule has 2 amide bonds. The Labute approximate surface area is 189 Å². The van der Waals surface area contributed by atoms with E-state index in [4.69, 9.17) is 10.5 Å². The van der Waals surface area contributed by atoms with Gasteiger partial charge < -0.3 is 26.4 Å². The van der Waals surface area contributed by atoms with Crippen molar-refractivity contribution in [2.24, 2.45) is 0 Å². The van der Waals surface area contributed by atoms with Gasteiger partial charge in [0.15, 0.2) is 12.4 Å². The lowest BCUT2D eigenvalue weighted by Gasteiger charge is -2.10. The minimum Gasteiger partial charge on any atom is -0.454 e. The number of halogens is 1. The summed E-state index contributed by atoms with van der Waals surface area (Å²) in [6, 6.07) is 12.0. The summed E-state index contributed by atoms with van der Waals surface area (Å²) in [5, 5.41) is 8.35. The van der Waals surface area contributed by atoms with Gasteiger partial charge in [0.1, 0.15) is 5.82 Å². The molecule has 172 valence electrons. The average Bonchev–Trinajstić information content (AvgIpc) is 2.77. The second kappa shape index (κ2) is 10.8. The van der Waals surface area contributed by atoms with Gasteiger partial charge >= 0.3 is 12.0 Å². The number of carbonyl (C=O) groups excluding carboxylic acids is 2. The number of nitrogen functional groups attached to an aromatic ring is 1. The topological polar surface area (TPSA) is 144 Å². The summed E-state index contributed by atoms with van der Waals surface area (Å²) in [4.78, 5) is 36.1. The van der Waals surface area contributed by atoms with Crippen LogP contribution in [0.3, 0.4) is 0 Å². The van der Waals surface area contributed by atoms with Crippen molar-refractivity contribution in [1.29, 1.82) is 0 Å². The van der Waals surface area contributed by atoms with Crippen LogP contribution in [0.2, 0.25) is 0 Å². The fourth-order valence-corrected chi connectivity index (χ4v) is 2.69. The predicted octanol–water partition coefficient (Wildman–Crippen LogP) is 2.90. The molecule has 0 saturated carbocycles. The third-order valence-corrected chi connectivity index (χ3v) is 4.19. The molecule has 2 aromatic carbocycles. The smallest absolute Gasteiger partial charge is 0.338 e. The van der Waals surface area contributed by atoms with E-state index in [-0.39, 0.29) is 42.2 Å². The molecule has 0 aliphatic heterocycles. The number of aromatic nitrogens is 3. The number of rotatable bonds is 8. The average molecular weight is 453 g/mol. The normalized spacial score (nSPS) is 10.5. The maximum absolute atomic E-state index is 13.0. The van der Waals surface area contributed by atoms with Crippen molar-refractivity contribution >= 4 is 29.6 Å². The molecule has 1 heterocycles. The number of benzene rings is 2. The standard InChI is InChI=1S/C22H24FN7O3/c1-13(2)26-22(32)25-11-14-3-5-15(6-4-14)19(31)33-12-18-28-20(24)30-21(29-18)27-17-9-7-16(23)8-10-17/h3-10,13H,11-12H2,1-2H3,(H2,25,26,32)(H3,24,27,28,29,30). The van der Waals surface area contributed by atoms with E-state index in [0.717, 1.165) is 5.56 Å². The van der Waals surface area contributed by atoms with Crippen molar-refractivity contribution < 1.29 is 18.7 Å². The van der Waals surface area contributed by atoms with Crippen molar-refractivity contribution in [3.05, 3.63) is 71.3 Å². The third kappa shape index (κ3) is 7.42. The van der Waals surface area contributed by atoms with Gasteiger partial charge in [0.05, 0.1) is 5.56 Å². The van der Waals surface area contributed by atoms with Crippen LogP contribution in [0.25, 0.3) is 0 Å². The van der Waals surface area contributed by atoms with Crippen LogP contribution >= 0.6 is 0 Å². The Morgan fingerprint density at radius 2 is 1.73 bits per heavy atom. The summed E-state index contributed by atoms with van der Waals surface area (Å²) in [5.41, 5.74) is 7.42. The molecule has 0 atom stereocenters. The highest BCUT2D eigenvalue weighted by molar-refractivity contribution is 5.89. The highest BCUT2D eigenvalue weighted by atomic mass is 19.1. The van der Waals surface area contributed by atoms with Crippen LogP contribution in [0, 0.1) is 5.82 Å². The van der Waals surface area contributed by atoms with E-state index in [1.165, 1.54) is 24.3 Å². The third-order valence-electron chi connectivity index (χ3n) is 4.19. The number of urea groups is 1. The molecule has 0 aliphatic carbocycles. The maximum Gasteiger partial charge on any atom is 0.338 e. The molecule has 0 fully saturated rings. The Balaban J connectivity index is 1.55. The van der Waals surface area contributed by atoms with Gasteiger partial charge in [-0.25, -0.2) is 14.0 Å². The Morgan fingerprint density at radius 1 is 1.03 bits per heavy atom. The molecule has 1 aromatic heterocycles. The largest absolute Gasteiger partial charge is 0.454 e. The second-order valence-electron chi connectivity index (χ2n) is 7.32. The van der Waals surface area contributed by atoms with Crippen LogP contribution in [0.1, 0.15) is 35.6 Å². The molecule has 3 aromatic rings. The first kappa shape index (κ1) is 23.4. The summed E-state index contributed by atoms with van der Waals surface area (Å²) < 4.78 is 18.3. The van der Waals surface area contributed by atoms with Crippen LogP contribution in [0.15, 0.2) is 48.5 Å². The number of hydrogen-bond donors (Lipinski definition) is 4.